The molecule has 0 saturated heterocycles. The van der Waals surface area contributed by atoms with Crippen LogP contribution in [0.2, 0.25) is 5.02 Å². The molecule has 4 nitrogen and oxygen atoms in total. The van der Waals surface area contributed by atoms with Gasteiger partial charge in [-0.15, -0.1) is 0 Å². The molecule has 1 heterocycles. The molecule has 18 heavy (non-hydrogen) atoms. The summed E-state index contributed by atoms with van der Waals surface area (Å²) in [5, 5.41) is 4.82. The topological polar surface area (TPSA) is 55.9 Å². The summed E-state index contributed by atoms with van der Waals surface area (Å²) in [6.07, 6.45) is 1.73. The van der Waals surface area contributed by atoms with Crippen LogP contribution in [0, 0.1) is 0 Å². The Morgan fingerprint density at radius 1 is 1.44 bits per heavy atom. The van der Waals surface area contributed by atoms with Crippen LogP contribution in [-0.4, -0.2) is 9.78 Å². The molecule has 0 fully saturated rings. The highest BCUT2D eigenvalue weighted by molar-refractivity contribution is 9.10. The zero-order valence-electron chi connectivity index (χ0n) is 9.49. The molecule has 0 amide bonds. The number of nitrogens with one attached hydrogen (secondary N) is 1. The van der Waals surface area contributed by atoms with E-state index >= 15 is 0 Å². The van der Waals surface area contributed by atoms with E-state index in [4.69, 9.17) is 17.4 Å². The minimum absolute atomic E-state index is 0.229. The molecule has 1 atom stereocenters. The molecule has 2 rings (SSSR count). The molecule has 0 spiro atoms. The van der Waals surface area contributed by atoms with Crippen molar-refractivity contribution in [2.75, 3.05) is 0 Å². The lowest BCUT2D eigenvalue weighted by molar-refractivity contribution is 0.573. The molecule has 0 radical (unpaired) electrons. The fourth-order valence-corrected chi connectivity index (χ4v) is 3.16. The standard InChI is InChI=1S/C11H11Br2ClN4/c1-18-11(8(13)5-16-18)10(17-15)7-3-2-6(12)4-9(7)14/h2-5,10,17H,15H2,1H3. The highest BCUT2D eigenvalue weighted by Crippen LogP contribution is 2.33. The summed E-state index contributed by atoms with van der Waals surface area (Å²) < 4.78 is 3.57. The normalized spacial score (nSPS) is 12.7. The van der Waals surface area contributed by atoms with Gasteiger partial charge in [0.15, 0.2) is 0 Å². The molecule has 0 saturated carbocycles. The molecule has 0 aliphatic rings. The maximum Gasteiger partial charge on any atom is 0.0904 e. The molecule has 2 aromatic rings. The maximum atomic E-state index is 6.25. The van der Waals surface area contributed by atoms with Gasteiger partial charge in [0.25, 0.3) is 0 Å². The van der Waals surface area contributed by atoms with Crippen molar-refractivity contribution in [3.8, 4) is 0 Å². The quantitative estimate of drug-likeness (QED) is 0.621. The first-order valence-electron chi connectivity index (χ1n) is 5.13. The number of hydrogen-bond donors (Lipinski definition) is 2. The Labute approximate surface area is 127 Å². The molecule has 0 aliphatic heterocycles. The number of aromatic nitrogens is 2. The molecule has 96 valence electrons. The average molecular weight is 394 g/mol. The van der Waals surface area contributed by atoms with Crippen molar-refractivity contribution in [1.29, 1.82) is 0 Å². The van der Waals surface area contributed by atoms with Crippen LogP contribution in [0.1, 0.15) is 17.3 Å². The van der Waals surface area contributed by atoms with Crippen LogP contribution in [0.4, 0.5) is 0 Å². The lowest BCUT2D eigenvalue weighted by Crippen LogP contribution is -2.30. The Hall–Kier alpha value is -0.400. The monoisotopic (exact) mass is 392 g/mol. The number of hydrogen-bond acceptors (Lipinski definition) is 3. The van der Waals surface area contributed by atoms with Crippen LogP contribution in [-0.2, 0) is 7.05 Å². The predicted molar refractivity (Wildman–Crippen MR) is 79.2 cm³/mol. The van der Waals surface area contributed by atoms with Crippen molar-refractivity contribution in [3.63, 3.8) is 0 Å². The number of rotatable bonds is 3. The lowest BCUT2D eigenvalue weighted by atomic mass is 10.0. The van der Waals surface area contributed by atoms with E-state index in [2.05, 4.69) is 42.4 Å². The van der Waals surface area contributed by atoms with Crippen molar-refractivity contribution in [2.24, 2.45) is 12.9 Å². The van der Waals surface area contributed by atoms with Crippen molar-refractivity contribution in [3.05, 3.63) is 49.6 Å². The summed E-state index contributed by atoms with van der Waals surface area (Å²) in [7, 11) is 1.86. The Kier molecular flexibility index (Phi) is 4.45. The maximum absolute atomic E-state index is 6.25. The van der Waals surface area contributed by atoms with E-state index in [9.17, 15) is 0 Å². The van der Waals surface area contributed by atoms with Crippen molar-refractivity contribution in [1.82, 2.24) is 15.2 Å². The Morgan fingerprint density at radius 2 is 2.17 bits per heavy atom. The molecular weight excluding hydrogens is 383 g/mol. The molecule has 7 heteroatoms. The summed E-state index contributed by atoms with van der Waals surface area (Å²) in [5.41, 5.74) is 4.59. The van der Waals surface area contributed by atoms with Gasteiger partial charge in [-0.05, 0) is 33.6 Å². The van der Waals surface area contributed by atoms with Gasteiger partial charge in [-0.1, -0.05) is 33.6 Å². The lowest BCUT2D eigenvalue weighted by Gasteiger charge is -2.19. The van der Waals surface area contributed by atoms with Gasteiger partial charge in [0, 0.05) is 16.5 Å². The zero-order valence-corrected chi connectivity index (χ0v) is 13.4. The molecule has 3 N–H and O–H groups in total. The van der Waals surface area contributed by atoms with Crippen LogP contribution < -0.4 is 11.3 Å². The molecular formula is C11H11Br2ClN4. The van der Waals surface area contributed by atoms with Gasteiger partial charge in [0.2, 0.25) is 0 Å². The van der Waals surface area contributed by atoms with Crippen molar-refractivity contribution < 1.29 is 0 Å². The average Bonchev–Trinajstić information content (AvgIpc) is 2.64. The van der Waals surface area contributed by atoms with Gasteiger partial charge in [-0.2, -0.15) is 5.10 Å². The second-order valence-corrected chi connectivity index (χ2v) is 5.94. The Bertz CT molecular complexity index is 551. The number of halogens is 3. The first kappa shape index (κ1) is 14.0. The Morgan fingerprint density at radius 3 is 2.67 bits per heavy atom. The third-order valence-electron chi connectivity index (χ3n) is 2.65. The molecule has 1 unspecified atom stereocenters. The second-order valence-electron chi connectivity index (χ2n) is 3.77. The largest absolute Gasteiger partial charge is 0.271 e. The fraction of sp³-hybridized carbons (Fsp3) is 0.182. The van der Waals surface area contributed by atoms with E-state index < -0.39 is 0 Å². The highest BCUT2D eigenvalue weighted by Gasteiger charge is 2.21. The van der Waals surface area contributed by atoms with Gasteiger partial charge in [0.1, 0.15) is 0 Å². The summed E-state index contributed by atoms with van der Waals surface area (Å²) in [6, 6.07) is 5.46. The summed E-state index contributed by atoms with van der Waals surface area (Å²) in [6.45, 7) is 0. The zero-order chi connectivity index (χ0) is 13.3. The van der Waals surface area contributed by atoms with Gasteiger partial charge < -0.3 is 0 Å². The summed E-state index contributed by atoms with van der Waals surface area (Å²) in [4.78, 5) is 0. The highest BCUT2D eigenvalue weighted by atomic mass is 79.9. The SMILES string of the molecule is Cn1ncc(Br)c1C(NN)c1ccc(Br)cc1Cl. The number of aryl methyl sites for hydroxylation is 1. The van der Waals surface area contributed by atoms with Gasteiger partial charge >= 0.3 is 0 Å². The molecule has 1 aromatic carbocycles. The number of nitrogens with zero attached hydrogens (tertiary/aromatic N) is 2. The van der Waals surface area contributed by atoms with Crippen LogP contribution in [0.3, 0.4) is 0 Å². The van der Waals surface area contributed by atoms with Gasteiger partial charge in [-0.25, -0.2) is 5.43 Å². The van der Waals surface area contributed by atoms with Gasteiger partial charge in [-0.3, -0.25) is 10.5 Å². The fourth-order valence-electron chi connectivity index (χ4n) is 1.80. The van der Waals surface area contributed by atoms with E-state index in [0.717, 1.165) is 20.2 Å². The van der Waals surface area contributed by atoms with E-state index in [-0.39, 0.29) is 6.04 Å². The number of nitrogens with two attached hydrogens (primary N) is 1. The molecule has 0 aliphatic carbocycles. The summed E-state index contributed by atoms with van der Waals surface area (Å²) >= 11 is 13.1. The van der Waals surface area contributed by atoms with Crippen LogP contribution in [0.5, 0.6) is 0 Å². The van der Waals surface area contributed by atoms with Crippen LogP contribution in [0.15, 0.2) is 33.3 Å². The minimum atomic E-state index is -0.229. The Balaban J connectivity index is 2.52. The minimum Gasteiger partial charge on any atom is -0.271 e. The van der Waals surface area contributed by atoms with Crippen molar-refractivity contribution in [2.45, 2.75) is 6.04 Å². The van der Waals surface area contributed by atoms with Crippen molar-refractivity contribution >= 4 is 43.5 Å². The smallest absolute Gasteiger partial charge is 0.0904 e. The third kappa shape index (κ3) is 2.62. The van der Waals surface area contributed by atoms with Crippen LogP contribution in [0.25, 0.3) is 0 Å². The van der Waals surface area contributed by atoms with E-state index in [0.29, 0.717) is 5.02 Å². The molecule has 0 bridgehead atoms. The van der Waals surface area contributed by atoms with E-state index in [1.807, 2.05) is 25.2 Å². The number of benzene rings is 1. The predicted octanol–water partition coefficient (Wildman–Crippen LogP) is 3.15. The second kappa shape index (κ2) is 5.71. The molecule has 1 aromatic heterocycles. The first-order chi connectivity index (χ1) is 8.54. The number of hydrazine groups is 1. The van der Waals surface area contributed by atoms with Gasteiger partial charge in [0.05, 0.1) is 22.4 Å². The van der Waals surface area contributed by atoms with E-state index in [1.165, 1.54) is 0 Å². The summed E-state index contributed by atoms with van der Waals surface area (Å²) in [5.74, 6) is 5.66. The third-order valence-corrected chi connectivity index (χ3v) is 4.08. The van der Waals surface area contributed by atoms with Crippen LogP contribution >= 0.6 is 43.5 Å². The first-order valence-corrected chi connectivity index (χ1v) is 7.09. The van der Waals surface area contributed by atoms with E-state index in [1.54, 1.807) is 10.9 Å².